The summed E-state index contributed by atoms with van der Waals surface area (Å²) in [4.78, 5) is 3.62. The van der Waals surface area contributed by atoms with Crippen molar-refractivity contribution in [3.05, 3.63) is 33.9 Å². The summed E-state index contributed by atoms with van der Waals surface area (Å²) in [6.45, 7) is 5.29. The highest BCUT2D eigenvalue weighted by Crippen LogP contribution is 2.42. The summed E-state index contributed by atoms with van der Waals surface area (Å²) in [7, 11) is 0. The fraction of sp³-hybridized carbons (Fsp3) is 0.500. The summed E-state index contributed by atoms with van der Waals surface area (Å²) < 4.78 is 7.34. The molecule has 1 aromatic heterocycles. The molecule has 0 aliphatic carbocycles. The topological polar surface area (TPSA) is 25.0 Å². The molecule has 0 saturated carbocycles. The van der Waals surface area contributed by atoms with Crippen LogP contribution in [0.25, 0.3) is 10.9 Å². The quantitative estimate of drug-likeness (QED) is 0.853. The summed E-state index contributed by atoms with van der Waals surface area (Å²) >= 11 is 3.58. The fourth-order valence-electron chi connectivity index (χ4n) is 3.35. The first kappa shape index (κ1) is 13.2. The van der Waals surface area contributed by atoms with E-state index in [-0.39, 0.29) is 5.60 Å². The van der Waals surface area contributed by atoms with Gasteiger partial charge in [-0.15, -0.1) is 0 Å². The smallest absolute Gasteiger partial charge is 0.108 e. The number of fused-ring (bicyclic) bond motifs is 3. The van der Waals surface area contributed by atoms with Gasteiger partial charge in [-0.1, -0.05) is 36.2 Å². The van der Waals surface area contributed by atoms with E-state index in [4.69, 9.17) is 4.74 Å². The molecule has 0 bridgehead atoms. The van der Waals surface area contributed by atoms with Crippen molar-refractivity contribution in [1.82, 2.24) is 4.98 Å². The zero-order valence-corrected chi connectivity index (χ0v) is 13.1. The minimum atomic E-state index is -0.103. The highest BCUT2D eigenvalue weighted by Gasteiger charge is 2.37. The van der Waals surface area contributed by atoms with Crippen molar-refractivity contribution < 1.29 is 4.74 Å². The van der Waals surface area contributed by atoms with Gasteiger partial charge in [0.05, 0.1) is 12.3 Å². The summed E-state index contributed by atoms with van der Waals surface area (Å²) in [6.07, 6.45) is 4.27. The molecule has 0 spiro atoms. The Labute approximate surface area is 122 Å². The lowest BCUT2D eigenvalue weighted by Gasteiger charge is -2.36. The van der Waals surface area contributed by atoms with Gasteiger partial charge in [-0.2, -0.15) is 0 Å². The zero-order valence-electron chi connectivity index (χ0n) is 11.6. The lowest BCUT2D eigenvalue weighted by atomic mass is 9.85. The number of rotatable bonds is 3. The van der Waals surface area contributed by atoms with Crippen LogP contribution in [0.2, 0.25) is 0 Å². The predicted molar refractivity (Wildman–Crippen MR) is 82.5 cm³/mol. The van der Waals surface area contributed by atoms with Crippen molar-refractivity contribution in [3.63, 3.8) is 0 Å². The van der Waals surface area contributed by atoms with Crippen LogP contribution in [0.3, 0.4) is 0 Å². The maximum Gasteiger partial charge on any atom is 0.108 e. The summed E-state index contributed by atoms with van der Waals surface area (Å²) in [5, 5.41) is 1.35. The van der Waals surface area contributed by atoms with Crippen molar-refractivity contribution in [1.29, 1.82) is 0 Å². The Morgan fingerprint density at radius 3 is 2.95 bits per heavy atom. The van der Waals surface area contributed by atoms with E-state index in [2.05, 4.69) is 53.0 Å². The summed E-state index contributed by atoms with van der Waals surface area (Å²) in [6, 6.07) is 6.48. The molecule has 2 nitrogen and oxygen atoms in total. The third kappa shape index (κ3) is 2.03. The van der Waals surface area contributed by atoms with Crippen LogP contribution >= 0.6 is 15.9 Å². The highest BCUT2D eigenvalue weighted by atomic mass is 79.9. The van der Waals surface area contributed by atoms with E-state index in [1.165, 1.54) is 22.2 Å². The van der Waals surface area contributed by atoms with Crippen LogP contribution in [0, 0.1) is 0 Å². The van der Waals surface area contributed by atoms with Crippen molar-refractivity contribution in [2.45, 2.75) is 45.1 Å². The largest absolute Gasteiger partial charge is 0.368 e. The number of benzene rings is 1. The molecule has 0 radical (unpaired) electrons. The fourth-order valence-corrected chi connectivity index (χ4v) is 3.71. The molecule has 1 N–H and O–H groups in total. The Kier molecular flexibility index (Phi) is 3.44. The molecule has 2 aromatic rings. The molecule has 1 atom stereocenters. The molecule has 102 valence electrons. The van der Waals surface area contributed by atoms with E-state index < -0.39 is 0 Å². The lowest BCUT2D eigenvalue weighted by molar-refractivity contribution is -0.0723. The second-order valence-electron chi connectivity index (χ2n) is 5.36. The van der Waals surface area contributed by atoms with Gasteiger partial charge in [-0.05, 0) is 43.0 Å². The van der Waals surface area contributed by atoms with Crippen molar-refractivity contribution in [2.75, 3.05) is 6.61 Å². The Bertz CT molecular complexity index is 604. The van der Waals surface area contributed by atoms with E-state index in [1.54, 1.807) is 0 Å². The van der Waals surface area contributed by atoms with Crippen LogP contribution in [0.4, 0.5) is 0 Å². The van der Waals surface area contributed by atoms with Gasteiger partial charge in [0.1, 0.15) is 5.60 Å². The minimum Gasteiger partial charge on any atom is -0.368 e. The number of hydrogen-bond acceptors (Lipinski definition) is 1. The first-order valence-electron chi connectivity index (χ1n) is 7.14. The average molecular weight is 322 g/mol. The number of H-pyrrole nitrogens is 1. The molecule has 0 saturated heterocycles. The number of aromatic amines is 1. The molecule has 1 aliphatic rings. The van der Waals surface area contributed by atoms with E-state index in [1.807, 2.05) is 0 Å². The van der Waals surface area contributed by atoms with E-state index in [0.29, 0.717) is 0 Å². The molecular formula is C16H20BrNO. The lowest BCUT2D eigenvalue weighted by Crippen LogP contribution is -2.35. The third-order valence-corrected chi connectivity index (χ3v) is 4.77. The van der Waals surface area contributed by atoms with Gasteiger partial charge in [0, 0.05) is 15.4 Å². The van der Waals surface area contributed by atoms with Crippen LogP contribution in [-0.4, -0.2) is 11.6 Å². The Morgan fingerprint density at radius 1 is 1.37 bits per heavy atom. The van der Waals surface area contributed by atoms with Crippen LogP contribution in [-0.2, 0) is 16.8 Å². The maximum atomic E-state index is 6.20. The van der Waals surface area contributed by atoms with Gasteiger partial charge < -0.3 is 9.72 Å². The number of nitrogens with one attached hydrogen (secondary N) is 1. The molecule has 1 unspecified atom stereocenters. The predicted octanol–water partition coefficient (Wildman–Crippen LogP) is 4.91. The number of aromatic nitrogens is 1. The first-order valence-corrected chi connectivity index (χ1v) is 7.94. The Hall–Kier alpha value is -0.800. The van der Waals surface area contributed by atoms with Gasteiger partial charge in [0.15, 0.2) is 0 Å². The van der Waals surface area contributed by atoms with Gasteiger partial charge in [-0.3, -0.25) is 0 Å². The zero-order chi connectivity index (χ0) is 13.5. The average Bonchev–Trinajstić information content (AvgIpc) is 2.78. The molecule has 19 heavy (non-hydrogen) atoms. The van der Waals surface area contributed by atoms with Gasteiger partial charge in [0.25, 0.3) is 0 Å². The molecular weight excluding hydrogens is 302 g/mol. The van der Waals surface area contributed by atoms with Crippen LogP contribution in [0.5, 0.6) is 0 Å². The van der Waals surface area contributed by atoms with Gasteiger partial charge in [-0.25, -0.2) is 0 Å². The molecule has 1 aromatic carbocycles. The number of hydrogen-bond donors (Lipinski definition) is 1. The molecule has 0 fully saturated rings. The second-order valence-corrected chi connectivity index (χ2v) is 6.28. The normalized spacial score (nSPS) is 22.7. The van der Waals surface area contributed by atoms with E-state index in [9.17, 15) is 0 Å². The molecule has 3 heteroatoms. The number of halogens is 1. The molecule has 1 aliphatic heterocycles. The first-order chi connectivity index (χ1) is 9.20. The molecule has 2 heterocycles. The standard InChI is InChI=1S/C16H20BrNO/c1-3-8-16(4-2)15-12(7-9-19-16)13-10-11(17)5-6-14(13)18-15/h5-6,10,18H,3-4,7-9H2,1-2H3. The maximum absolute atomic E-state index is 6.20. The summed E-state index contributed by atoms with van der Waals surface area (Å²) in [5.74, 6) is 0. The Balaban J connectivity index is 2.22. The second kappa shape index (κ2) is 4.95. The van der Waals surface area contributed by atoms with Gasteiger partial charge >= 0.3 is 0 Å². The SMILES string of the molecule is CCCC1(CC)OCCc2c1[nH]c1ccc(Br)cc21. The van der Waals surface area contributed by atoms with Gasteiger partial charge in [0.2, 0.25) is 0 Å². The van der Waals surface area contributed by atoms with Crippen LogP contribution in [0.15, 0.2) is 22.7 Å². The van der Waals surface area contributed by atoms with Crippen LogP contribution < -0.4 is 0 Å². The van der Waals surface area contributed by atoms with E-state index >= 15 is 0 Å². The minimum absolute atomic E-state index is 0.103. The van der Waals surface area contributed by atoms with Crippen molar-refractivity contribution >= 4 is 26.8 Å². The van der Waals surface area contributed by atoms with Crippen LogP contribution in [0.1, 0.15) is 44.4 Å². The third-order valence-electron chi connectivity index (χ3n) is 4.28. The van der Waals surface area contributed by atoms with Crippen molar-refractivity contribution in [3.8, 4) is 0 Å². The monoisotopic (exact) mass is 321 g/mol. The molecule has 0 amide bonds. The summed E-state index contributed by atoms with van der Waals surface area (Å²) in [5.41, 5.74) is 3.90. The van der Waals surface area contributed by atoms with E-state index in [0.717, 1.165) is 36.8 Å². The molecule has 3 rings (SSSR count). The Morgan fingerprint density at radius 2 is 2.21 bits per heavy atom. The highest BCUT2D eigenvalue weighted by molar-refractivity contribution is 9.10. The van der Waals surface area contributed by atoms with Crippen molar-refractivity contribution in [2.24, 2.45) is 0 Å². The number of ether oxygens (including phenoxy) is 1.